The number of rotatable bonds is 4. The quantitative estimate of drug-likeness (QED) is 0.742. The van der Waals surface area contributed by atoms with E-state index >= 15 is 0 Å². The van der Waals surface area contributed by atoms with Gasteiger partial charge in [-0.2, -0.15) is 0 Å². The lowest BCUT2D eigenvalue weighted by molar-refractivity contribution is -0.137. The standard InChI is InChI=1S/C11H13O4Si/c1-9(12)14-16(15-10(2)13)8-11-6-4-3-5-7-11/h3-7H,8H2,1-2H3. The maximum absolute atomic E-state index is 10.8. The van der Waals surface area contributed by atoms with Crippen molar-refractivity contribution in [2.75, 3.05) is 0 Å². The van der Waals surface area contributed by atoms with Gasteiger partial charge < -0.3 is 8.85 Å². The third kappa shape index (κ3) is 4.74. The second-order valence-electron chi connectivity index (χ2n) is 3.22. The molecule has 1 aromatic carbocycles. The number of benzene rings is 1. The third-order valence-corrected chi connectivity index (χ3v) is 3.43. The highest BCUT2D eigenvalue weighted by molar-refractivity contribution is 6.48. The van der Waals surface area contributed by atoms with Crippen molar-refractivity contribution in [3.05, 3.63) is 35.9 Å². The van der Waals surface area contributed by atoms with E-state index in [0.29, 0.717) is 6.04 Å². The average Bonchev–Trinajstić information content (AvgIpc) is 2.16. The van der Waals surface area contributed by atoms with Crippen LogP contribution < -0.4 is 0 Å². The van der Waals surface area contributed by atoms with Crippen LogP contribution in [-0.2, 0) is 24.5 Å². The van der Waals surface area contributed by atoms with Crippen LogP contribution in [0.5, 0.6) is 0 Å². The Morgan fingerprint density at radius 3 is 2.00 bits per heavy atom. The molecule has 5 heteroatoms. The van der Waals surface area contributed by atoms with E-state index < -0.39 is 21.2 Å². The molecule has 0 unspecified atom stereocenters. The van der Waals surface area contributed by atoms with Gasteiger partial charge in [-0.05, 0) is 5.56 Å². The minimum absolute atomic E-state index is 0.425. The second-order valence-corrected chi connectivity index (χ2v) is 4.73. The molecule has 1 rings (SSSR count). The summed E-state index contributed by atoms with van der Waals surface area (Å²) in [6, 6.07) is 9.93. The van der Waals surface area contributed by atoms with Gasteiger partial charge in [0.2, 0.25) is 0 Å². The number of hydrogen-bond donors (Lipinski definition) is 0. The van der Waals surface area contributed by atoms with Gasteiger partial charge in [0.05, 0.1) is 0 Å². The Labute approximate surface area is 96.0 Å². The molecule has 0 fully saturated rings. The Kier molecular flexibility index (Phi) is 4.72. The first kappa shape index (κ1) is 12.4. The number of carbonyl (C=O) groups is 2. The van der Waals surface area contributed by atoms with Crippen molar-refractivity contribution in [3.8, 4) is 0 Å². The van der Waals surface area contributed by atoms with E-state index in [4.69, 9.17) is 8.85 Å². The molecule has 0 N–H and O–H groups in total. The summed E-state index contributed by atoms with van der Waals surface area (Å²) in [4.78, 5) is 21.7. The van der Waals surface area contributed by atoms with Crippen molar-refractivity contribution in [2.45, 2.75) is 19.9 Å². The van der Waals surface area contributed by atoms with Gasteiger partial charge in [-0.3, -0.25) is 9.59 Å². The molecule has 4 nitrogen and oxygen atoms in total. The lowest BCUT2D eigenvalue weighted by Crippen LogP contribution is -2.30. The molecule has 1 aromatic rings. The van der Waals surface area contributed by atoms with Gasteiger partial charge in [-0.15, -0.1) is 0 Å². The predicted octanol–water partition coefficient (Wildman–Crippen LogP) is 1.38. The molecule has 0 saturated heterocycles. The molecule has 0 amide bonds. The molecule has 0 heterocycles. The first-order valence-corrected chi connectivity index (χ1v) is 6.37. The van der Waals surface area contributed by atoms with Crippen molar-refractivity contribution in [1.82, 2.24) is 0 Å². The lowest BCUT2D eigenvalue weighted by atomic mass is 10.2. The van der Waals surface area contributed by atoms with Gasteiger partial charge in [-0.1, -0.05) is 30.3 Å². The topological polar surface area (TPSA) is 52.6 Å². The highest BCUT2D eigenvalue weighted by Gasteiger charge is 2.23. The van der Waals surface area contributed by atoms with Crippen LogP contribution in [0.25, 0.3) is 0 Å². The molecule has 0 aliphatic heterocycles. The van der Waals surface area contributed by atoms with Crippen LogP contribution in [0.15, 0.2) is 30.3 Å². The Balaban J connectivity index is 2.63. The van der Waals surface area contributed by atoms with Gasteiger partial charge in [0.1, 0.15) is 0 Å². The maximum atomic E-state index is 10.8. The van der Waals surface area contributed by atoms with Crippen LogP contribution in [0.1, 0.15) is 19.4 Å². The Bertz CT molecular complexity index is 348. The van der Waals surface area contributed by atoms with E-state index in [-0.39, 0.29) is 0 Å². The van der Waals surface area contributed by atoms with Gasteiger partial charge >= 0.3 is 9.28 Å². The Hall–Kier alpha value is -1.62. The zero-order valence-corrected chi connectivity index (χ0v) is 10.2. The largest absolute Gasteiger partial charge is 0.541 e. The minimum Gasteiger partial charge on any atom is -0.483 e. The van der Waals surface area contributed by atoms with Crippen LogP contribution in [0.3, 0.4) is 0 Å². The smallest absolute Gasteiger partial charge is 0.483 e. The molecule has 0 bridgehead atoms. The van der Waals surface area contributed by atoms with Gasteiger partial charge in [-0.25, -0.2) is 0 Å². The number of hydrogen-bond acceptors (Lipinski definition) is 4. The summed E-state index contributed by atoms with van der Waals surface area (Å²) in [6.07, 6.45) is 0. The van der Waals surface area contributed by atoms with Crippen molar-refractivity contribution >= 4 is 21.2 Å². The molecule has 16 heavy (non-hydrogen) atoms. The van der Waals surface area contributed by atoms with Crippen molar-refractivity contribution in [1.29, 1.82) is 0 Å². The zero-order chi connectivity index (χ0) is 12.0. The van der Waals surface area contributed by atoms with Crippen LogP contribution in [-0.4, -0.2) is 21.2 Å². The summed E-state index contributed by atoms with van der Waals surface area (Å²) >= 11 is 0. The van der Waals surface area contributed by atoms with E-state index in [2.05, 4.69) is 0 Å². The summed E-state index contributed by atoms with van der Waals surface area (Å²) in [5.74, 6) is -0.850. The minimum atomic E-state index is -1.90. The molecule has 0 aliphatic carbocycles. The monoisotopic (exact) mass is 237 g/mol. The number of carbonyl (C=O) groups excluding carboxylic acids is 2. The summed E-state index contributed by atoms with van der Waals surface area (Å²) in [7, 11) is -1.90. The van der Waals surface area contributed by atoms with E-state index in [1.54, 1.807) is 0 Å². The third-order valence-electron chi connectivity index (χ3n) is 1.71. The van der Waals surface area contributed by atoms with E-state index in [0.717, 1.165) is 5.56 Å². The molecule has 0 aliphatic rings. The molecular weight excluding hydrogens is 224 g/mol. The van der Waals surface area contributed by atoms with E-state index in [9.17, 15) is 9.59 Å². The molecule has 0 aromatic heterocycles. The highest BCUT2D eigenvalue weighted by atomic mass is 28.3. The summed E-state index contributed by atoms with van der Waals surface area (Å²) < 4.78 is 9.97. The summed E-state index contributed by atoms with van der Waals surface area (Å²) in [5, 5.41) is 0. The fourth-order valence-corrected chi connectivity index (χ4v) is 2.57. The molecule has 1 radical (unpaired) electrons. The average molecular weight is 237 g/mol. The Morgan fingerprint density at radius 1 is 1.06 bits per heavy atom. The first-order valence-electron chi connectivity index (χ1n) is 4.84. The molecular formula is C11H13O4Si. The fraction of sp³-hybridized carbons (Fsp3) is 0.273. The molecule has 0 atom stereocenters. The summed E-state index contributed by atoms with van der Waals surface area (Å²) in [6.45, 7) is 2.61. The van der Waals surface area contributed by atoms with Gasteiger partial charge in [0, 0.05) is 19.9 Å². The fourth-order valence-electron chi connectivity index (χ4n) is 1.18. The van der Waals surface area contributed by atoms with Crippen molar-refractivity contribution < 1.29 is 18.4 Å². The van der Waals surface area contributed by atoms with E-state index in [1.807, 2.05) is 30.3 Å². The van der Waals surface area contributed by atoms with Crippen LogP contribution in [0.4, 0.5) is 0 Å². The SMILES string of the molecule is CC(=O)O[Si](Cc1ccccc1)OC(C)=O. The van der Waals surface area contributed by atoms with Crippen LogP contribution in [0.2, 0.25) is 0 Å². The lowest BCUT2D eigenvalue weighted by Gasteiger charge is -2.12. The van der Waals surface area contributed by atoms with Crippen molar-refractivity contribution in [2.24, 2.45) is 0 Å². The van der Waals surface area contributed by atoms with Crippen LogP contribution in [0, 0.1) is 0 Å². The predicted molar refractivity (Wildman–Crippen MR) is 59.4 cm³/mol. The Morgan fingerprint density at radius 2 is 1.56 bits per heavy atom. The molecule has 0 saturated carbocycles. The van der Waals surface area contributed by atoms with Crippen LogP contribution >= 0.6 is 0 Å². The normalized spacial score (nSPS) is 9.94. The van der Waals surface area contributed by atoms with Gasteiger partial charge in [0.25, 0.3) is 11.9 Å². The van der Waals surface area contributed by atoms with Gasteiger partial charge in [0.15, 0.2) is 0 Å². The first-order chi connectivity index (χ1) is 7.58. The molecule has 85 valence electrons. The highest BCUT2D eigenvalue weighted by Crippen LogP contribution is 2.05. The van der Waals surface area contributed by atoms with E-state index in [1.165, 1.54) is 13.8 Å². The molecule has 0 spiro atoms. The second kappa shape index (κ2) is 6.07. The van der Waals surface area contributed by atoms with Crippen molar-refractivity contribution in [3.63, 3.8) is 0 Å². The summed E-state index contributed by atoms with van der Waals surface area (Å²) in [5.41, 5.74) is 0.985. The zero-order valence-electron chi connectivity index (χ0n) is 9.23. The maximum Gasteiger partial charge on any atom is 0.541 e.